The summed E-state index contributed by atoms with van der Waals surface area (Å²) in [6.45, 7) is 5.10. The number of rotatable bonds is 4. The maximum atomic E-state index is 11.3. The van der Waals surface area contributed by atoms with E-state index in [9.17, 15) is 15.0 Å². The Hall–Kier alpha value is -1.60. The fraction of sp³-hybridized carbons (Fsp3) is 0.636. The molecule has 102 valence electrons. The third-order valence-corrected chi connectivity index (χ3v) is 2.06. The number of aromatic nitrogens is 2. The number of ether oxygens (including phenoxy) is 1. The molecule has 2 unspecified atom stereocenters. The van der Waals surface area contributed by atoms with E-state index in [1.54, 1.807) is 26.8 Å². The molecule has 0 aliphatic heterocycles. The molecule has 0 bridgehead atoms. The highest BCUT2D eigenvalue weighted by atomic mass is 16.6. The number of hydrogen-bond acceptors (Lipinski definition) is 5. The number of amides is 1. The van der Waals surface area contributed by atoms with Crippen LogP contribution >= 0.6 is 0 Å². The zero-order valence-electron chi connectivity index (χ0n) is 10.7. The van der Waals surface area contributed by atoms with Gasteiger partial charge in [0.2, 0.25) is 0 Å². The lowest BCUT2D eigenvalue weighted by molar-refractivity contribution is 0.0108. The van der Waals surface area contributed by atoms with E-state index in [1.165, 1.54) is 6.20 Å². The minimum atomic E-state index is -1.14. The summed E-state index contributed by atoms with van der Waals surface area (Å²) >= 11 is 0. The molecule has 1 heterocycles. The van der Waals surface area contributed by atoms with Gasteiger partial charge in [0.05, 0.1) is 5.69 Å². The number of aromatic amines is 1. The second-order valence-electron chi connectivity index (χ2n) is 4.91. The highest BCUT2D eigenvalue weighted by Crippen LogP contribution is 2.13. The van der Waals surface area contributed by atoms with Gasteiger partial charge in [-0.2, -0.15) is 5.10 Å². The van der Waals surface area contributed by atoms with E-state index in [2.05, 4.69) is 15.5 Å². The van der Waals surface area contributed by atoms with E-state index in [0.29, 0.717) is 5.69 Å². The molecule has 0 aliphatic carbocycles. The molecule has 0 aromatic carbocycles. The Kier molecular flexibility index (Phi) is 4.69. The number of alkyl carbamates (subject to hydrolysis) is 1. The minimum absolute atomic E-state index is 0.116. The topological polar surface area (TPSA) is 107 Å². The third kappa shape index (κ3) is 4.72. The number of H-pyrrole nitrogens is 1. The van der Waals surface area contributed by atoms with Crippen LogP contribution in [-0.2, 0) is 4.74 Å². The predicted octanol–water partition coefficient (Wildman–Crippen LogP) is 0.329. The second-order valence-corrected chi connectivity index (χ2v) is 4.91. The van der Waals surface area contributed by atoms with Crippen molar-refractivity contribution in [1.29, 1.82) is 0 Å². The van der Waals surface area contributed by atoms with Crippen molar-refractivity contribution in [3.63, 3.8) is 0 Å². The van der Waals surface area contributed by atoms with Crippen molar-refractivity contribution < 1.29 is 19.7 Å². The maximum Gasteiger partial charge on any atom is 0.407 e. The monoisotopic (exact) mass is 257 g/mol. The van der Waals surface area contributed by atoms with Gasteiger partial charge in [0, 0.05) is 12.7 Å². The molecule has 7 nitrogen and oxygen atoms in total. The highest BCUT2D eigenvalue weighted by molar-refractivity contribution is 5.67. The van der Waals surface area contributed by atoms with E-state index in [1.807, 2.05) is 0 Å². The van der Waals surface area contributed by atoms with Gasteiger partial charge in [-0.3, -0.25) is 5.10 Å². The molecule has 0 aliphatic rings. The van der Waals surface area contributed by atoms with Gasteiger partial charge in [0.1, 0.15) is 17.8 Å². The lowest BCUT2D eigenvalue weighted by atomic mass is 10.1. The molecule has 4 N–H and O–H groups in total. The van der Waals surface area contributed by atoms with Gasteiger partial charge in [-0.1, -0.05) is 0 Å². The van der Waals surface area contributed by atoms with E-state index < -0.39 is 23.9 Å². The SMILES string of the molecule is CC(C)(C)OC(=O)NCC(O)C(O)c1ccn[nH]1. The Bertz CT molecular complexity index is 372. The molecule has 7 heteroatoms. The summed E-state index contributed by atoms with van der Waals surface area (Å²) in [6, 6.07) is 1.54. The Balaban J connectivity index is 2.37. The van der Waals surface area contributed by atoms with Crippen molar-refractivity contribution >= 4 is 6.09 Å². The number of aliphatic hydroxyl groups excluding tert-OH is 2. The van der Waals surface area contributed by atoms with Crippen molar-refractivity contribution in [2.24, 2.45) is 0 Å². The summed E-state index contributed by atoms with van der Waals surface area (Å²) in [6.07, 6.45) is -1.45. The van der Waals surface area contributed by atoms with Gasteiger partial charge in [0.15, 0.2) is 0 Å². The molecule has 1 aromatic rings. The Morgan fingerprint density at radius 3 is 2.72 bits per heavy atom. The van der Waals surface area contributed by atoms with Crippen LogP contribution in [0.5, 0.6) is 0 Å². The quantitative estimate of drug-likeness (QED) is 0.621. The van der Waals surface area contributed by atoms with Crippen molar-refractivity contribution in [1.82, 2.24) is 15.5 Å². The highest BCUT2D eigenvalue weighted by Gasteiger charge is 2.22. The molecule has 0 saturated heterocycles. The van der Waals surface area contributed by atoms with Crippen LogP contribution in [0.1, 0.15) is 32.6 Å². The first-order valence-corrected chi connectivity index (χ1v) is 5.62. The summed E-state index contributed by atoms with van der Waals surface area (Å²) in [7, 11) is 0. The molecule has 2 atom stereocenters. The van der Waals surface area contributed by atoms with Crippen molar-refractivity contribution in [2.75, 3.05) is 6.54 Å². The number of carbonyl (C=O) groups is 1. The van der Waals surface area contributed by atoms with Gasteiger partial charge >= 0.3 is 6.09 Å². The average molecular weight is 257 g/mol. The van der Waals surface area contributed by atoms with E-state index >= 15 is 0 Å². The normalized spacial score (nSPS) is 14.9. The third-order valence-electron chi connectivity index (χ3n) is 2.06. The van der Waals surface area contributed by atoms with Crippen LogP contribution in [-0.4, -0.2) is 44.8 Å². The molecule has 0 radical (unpaired) electrons. The maximum absolute atomic E-state index is 11.3. The van der Waals surface area contributed by atoms with Crippen molar-refractivity contribution in [3.8, 4) is 0 Å². The van der Waals surface area contributed by atoms with Crippen LogP contribution in [0.4, 0.5) is 4.79 Å². The van der Waals surface area contributed by atoms with Gasteiger partial charge in [-0.15, -0.1) is 0 Å². The number of carbonyl (C=O) groups excluding carboxylic acids is 1. The average Bonchev–Trinajstić information content (AvgIpc) is 2.75. The van der Waals surface area contributed by atoms with Gasteiger partial charge in [-0.25, -0.2) is 4.79 Å². The van der Waals surface area contributed by atoms with Gasteiger partial charge in [0.25, 0.3) is 0 Å². The summed E-state index contributed by atoms with van der Waals surface area (Å²) in [5.41, 5.74) is -0.217. The largest absolute Gasteiger partial charge is 0.444 e. The fourth-order valence-corrected chi connectivity index (χ4v) is 1.25. The lowest BCUT2D eigenvalue weighted by Gasteiger charge is -2.21. The number of nitrogens with one attached hydrogen (secondary N) is 2. The van der Waals surface area contributed by atoms with Crippen LogP contribution in [0.15, 0.2) is 12.3 Å². The van der Waals surface area contributed by atoms with Crippen LogP contribution in [0.3, 0.4) is 0 Å². The molecule has 1 aromatic heterocycles. The van der Waals surface area contributed by atoms with Crippen molar-refractivity contribution in [3.05, 3.63) is 18.0 Å². The molecule has 0 saturated carbocycles. The van der Waals surface area contributed by atoms with E-state index in [0.717, 1.165) is 0 Å². The van der Waals surface area contributed by atoms with Crippen molar-refractivity contribution in [2.45, 2.75) is 38.6 Å². The summed E-state index contributed by atoms with van der Waals surface area (Å²) in [5.74, 6) is 0. The standard InChI is InChI=1S/C11H19N3O4/c1-11(2,3)18-10(17)12-6-8(15)9(16)7-4-5-13-14-7/h4-5,8-9,15-16H,6H2,1-3H3,(H,12,17)(H,13,14). The summed E-state index contributed by atoms with van der Waals surface area (Å²) in [5, 5.41) is 28.0. The van der Waals surface area contributed by atoms with Crippen LogP contribution < -0.4 is 5.32 Å². The van der Waals surface area contributed by atoms with Crippen LogP contribution in [0, 0.1) is 0 Å². The predicted molar refractivity (Wildman–Crippen MR) is 63.8 cm³/mol. The second kappa shape index (κ2) is 5.83. The van der Waals surface area contributed by atoms with Crippen LogP contribution in [0.2, 0.25) is 0 Å². The molecule has 1 amide bonds. The molecule has 1 rings (SSSR count). The lowest BCUT2D eigenvalue weighted by Crippen LogP contribution is -2.38. The van der Waals surface area contributed by atoms with Gasteiger partial charge < -0.3 is 20.3 Å². The molecule has 18 heavy (non-hydrogen) atoms. The molecule has 0 spiro atoms. The van der Waals surface area contributed by atoms with E-state index in [-0.39, 0.29) is 6.54 Å². The van der Waals surface area contributed by atoms with E-state index in [4.69, 9.17) is 4.74 Å². The fourth-order valence-electron chi connectivity index (χ4n) is 1.25. The Morgan fingerprint density at radius 2 is 2.22 bits per heavy atom. The summed E-state index contributed by atoms with van der Waals surface area (Å²) in [4.78, 5) is 11.3. The first-order chi connectivity index (χ1) is 8.29. The molecular weight excluding hydrogens is 238 g/mol. The molecule has 0 fully saturated rings. The zero-order valence-corrected chi connectivity index (χ0v) is 10.7. The smallest absolute Gasteiger partial charge is 0.407 e. The zero-order chi connectivity index (χ0) is 13.8. The number of aliphatic hydroxyl groups is 2. The minimum Gasteiger partial charge on any atom is -0.444 e. The first-order valence-electron chi connectivity index (χ1n) is 5.62. The van der Waals surface area contributed by atoms with Crippen LogP contribution in [0.25, 0.3) is 0 Å². The first kappa shape index (κ1) is 14.5. The Morgan fingerprint density at radius 1 is 1.56 bits per heavy atom. The molecular formula is C11H19N3O4. The van der Waals surface area contributed by atoms with Gasteiger partial charge in [-0.05, 0) is 26.8 Å². The Labute approximate surface area is 105 Å². The number of hydrogen-bond donors (Lipinski definition) is 4. The summed E-state index contributed by atoms with van der Waals surface area (Å²) < 4.78 is 5.00. The number of nitrogens with zero attached hydrogens (tertiary/aromatic N) is 1.